The van der Waals surface area contributed by atoms with Crippen LogP contribution in [0.25, 0.3) is 0 Å². The van der Waals surface area contributed by atoms with Gasteiger partial charge in [-0.15, -0.1) is 0 Å². The Bertz CT molecular complexity index is 868. The van der Waals surface area contributed by atoms with E-state index in [1.165, 1.54) is 12.8 Å². The van der Waals surface area contributed by atoms with Crippen molar-refractivity contribution in [3.63, 3.8) is 0 Å². The SMILES string of the molecule is O=S(=O)(Cc1ccc(Cl)c(Cl)c1)NCc1ccnc(OC2CCCC2)c1. The van der Waals surface area contributed by atoms with Crippen LogP contribution in [0.1, 0.15) is 36.8 Å². The molecule has 1 heterocycles. The quantitative estimate of drug-likeness (QED) is 0.731. The Balaban J connectivity index is 1.59. The highest BCUT2D eigenvalue weighted by Crippen LogP contribution is 2.24. The second-order valence-corrected chi connectivity index (χ2v) is 8.98. The van der Waals surface area contributed by atoms with Gasteiger partial charge in [0, 0.05) is 18.8 Å². The second-order valence-electron chi connectivity index (χ2n) is 6.36. The summed E-state index contributed by atoms with van der Waals surface area (Å²) in [5.41, 5.74) is 1.37. The van der Waals surface area contributed by atoms with E-state index in [-0.39, 0.29) is 18.4 Å². The van der Waals surface area contributed by atoms with Crippen molar-refractivity contribution in [3.8, 4) is 5.88 Å². The predicted octanol–water partition coefficient (Wildman–Crippen LogP) is 4.33. The van der Waals surface area contributed by atoms with Crippen molar-refractivity contribution in [2.45, 2.75) is 44.1 Å². The number of sulfonamides is 1. The largest absolute Gasteiger partial charge is 0.474 e. The molecular formula is C18H20Cl2N2O3S. The van der Waals surface area contributed by atoms with Crippen LogP contribution in [-0.4, -0.2) is 19.5 Å². The molecule has 1 aromatic heterocycles. The summed E-state index contributed by atoms with van der Waals surface area (Å²) >= 11 is 11.8. The van der Waals surface area contributed by atoms with Crippen LogP contribution >= 0.6 is 23.2 Å². The van der Waals surface area contributed by atoms with Crippen LogP contribution in [0.15, 0.2) is 36.5 Å². The second kappa shape index (κ2) is 8.57. The first-order valence-electron chi connectivity index (χ1n) is 8.44. The molecule has 0 unspecified atom stereocenters. The van der Waals surface area contributed by atoms with Crippen LogP contribution in [-0.2, 0) is 22.3 Å². The number of rotatable bonds is 7. The molecule has 0 saturated heterocycles. The summed E-state index contributed by atoms with van der Waals surface area (Å²) in [6.07, 6.45) is 6.29. The summed E-state index contributed by atoms with van der Waals surface area (Å²) in [5.74, 6) is 0.374. The van der Waals surface area contributed by atoms with E-state index in [1.54, 1.807) is 36.5 Å². The van der Waals surface area contributed by atoms with E-state index in [0.29, 0.717) is 21.5 Å². The van der Waals surface area contributed by atoms with Gasteiger partial charge in [-0.25, -0.2) is 18.1 Å². The van der Waals surface area contributed by atoms with Crippen LogP contribution in [0.2, 0.25) is 10.0 Å². The zero-order valence-corrected chi connectivity index (χ0v) is 16.4. The molecule has 1 fully saturated rings. The van der Waals surface area contributed by atoms with Gasteiger partial charge in [0.1, 0.15) is 6.10 Å². The standard InChI is InChI=1S/C18H20Cl2N2O3S/c19-16-6-5-14(9-17(16)20)12-26(23,24)22-11-13-7-8-21-18(10-13)25-15-3-1-2-4-15/h5-10,15,22H,1-4,11-12H2. The molecule has 1 aromatic carbocycles. The van der Waals surface area contributed by atoms with Crippen molar-refractivity contribution in [3.05, 3.63) is 57.7 Å². The molecule has 0 atom stereocenters. The van der Waals surface area contributed by atoms with Gasteiger partial charge in [0.25, 0.3) is 0 Å². The summed E-state index contributed by atoms with van der Waals surface area (Å²) in [5, 5.41) is 0.731. The van der Waals surface area contributed by atoms with E-state index in [0.717, 1.165) is 18.4 Å². The number of hydrogen-bond acceptors (Lipinski definition) is 4. The number of nitrogens with one attached hydrogen (secondary N) is 1. The van der Waals surface area contributed by atoms with Crippen molar-refractivity contribution >= 4 is 33.2 Å². The Morgan fingerprint density at radius 3 is 2.58 bits per heavy atom. The van der Waals surface area contributed by atoms with E-state index in [2.05, 4.69) is 9.71 Å². The fraction of sp³-hybridized carbons (Fsp3) is 0.389. The van der Waals surface area contributed by atoms with Gasteiger partial charge < -0.3 is 4.74 Å². The molecule has 26 heavy (non-hydrogen) atoms. The van der Waals surface area contributed by atoms with Gasteiger partial charge in [0.2, 0.25) is 15.9 Å². The molecule has 1 N–H and O–H groups in total. The summed E-state index contributed by atoms with van der Waals surface area (Å²) in [6.45, 7) is 0.174. The van der Waals surface area contributed by atoms with E-state index in [4.69, 9.17) is 27.9 Å². The minimum atomic E-state index is -3.51. The topological polar surface area (TPSA) is 68.3 Å². The van der Waals surface area contributed by atoms with Crippen molar-refractivity contribution in [1.82, 2.24) is 9.71 Å². The lowest BCUT2D eigenvalue weighted by Gasteiger charge is -2.13. The maximum absolute atomic E-state index is 12.3. The van der Waals surface area contributed by atoms with Gasteiger partial charge in [-0.1, -0.05) is 29.3 Å². The molecule has 0 amide bonds. The lowest BCUT2D eigenvalue weighted by atomic mass is 10.2. The average molecular weight is 415 g/mol. The fourth-order valence-electron chi connectivity index (χ4n) is 2.89. The molecule has 8 heteroatoms. The first kappa shape index (κ1) is 19.4. The number of pyridine rings is 1. The van der Waals surface area contributed by atoms with Crippen molar-refractivity contribution in [1.29, 1.82) is 0 Å². The lowest BCUT2D eigenvalue weighted by Crippen LogP contribution is -2.24. The van der Waals surface area contributed by atoms with E-state index < -0.39 is 10.0 Å². The Morgan fingerprint density at radius 2 is 1.85 bits per heavy atom. The number of ether oxygens (including phenoxy) is 1. The third-order valence-corrected chi connectivity index (χ3v) is 6.26. The van der Waals surface area contributed by atoms with E-state index >= 15 is 0 Å². The molecule has 0 aliphatic heterocycles. The van der Waals surface area contributed by atoms with Crippen LogP contribution in [0.3, 0.4) is 0 Å². The Morgan fingerprint density at radius 1 is 1.08 bits per heavy atom. The molecule has 3 rings (SSSR count). The number of hydrogen-bond donors (Lipinski definition) is 1. The van der Waals surface area contributed by atoms with Crippen LogP contribution in [0, 0.1) is 0 Å². The summed E-state index contributed by atoms with van der Waals surface area (Å²) < 4.78 is 33.0. The fourth-order valence-corrected chi connectivity index (χ4v) is 4.32. The van der Waals surface area contributed by atoms with Gasteiger partial charge in [0.05, 0.1) is 15.8 Å². The average Bonchev–Trinajstić information content (AvgIpc) is 3.10. The van der Waals surface area contributed by atoms with Crippen molar-refractivity contribution < 1.29 is 13.2 Å². The molecule has 1 aliphatic carbocycles. The molecule has 1 aliphatic rings. The molecule has 140 valence electrons. The van der Waals surface area contributed by atoms with Gasteiger partial charge in [-0.2, -0.15) is 0 Å². The van der Waals surface area contributed by atoms with Gasteiger partial charge in [-0.3, -0.25) is 0 Å². The van der Waals surface area contributed by atoms with Gasteiger partial charge >= 0.3 is 0 Å². The van der Waals surface area contributed by atoms with E-state index in [9.17, 15) is 8.42 Å². The molecule has 0 spiro atoms. The van der Waals surface area contributed by atoms with Gasteiger partial charge in [0.15, 0.2) is 0 Å². The molecule has 5 nitrogen and oxygen atoms in total. The highest BCUT2D eigenvalue weighted by molar-refractivity contribution is 7.88. The smallest absolute Gasteiger partial charge is 0.216 e. The summed E-state index contributed by atoms with van der Waals surface area (Å²) in [7, 11) is -3.51. The molecular weight excluding hydrogens is 395 g/mol. The first-order valence-corrected chi connectivity index (χ1v) is 10.8. The van der Waals surface area contributed by atoms with Gasteiger partial charge in [-0.05, 0) is 55.0 Å². The molecule has 0 bridgehead atoms. The number of nitrogens with zero attached hydrogens (tertiary/aromatic N) is 1. The van der Waals surface area contributed by atoms with Crippen LogP contribution in [0.4, 0.5) is 0 Å². The predicted molar refractivity (Wildman–Crippen MR) is 103 cm³/mol. The van der Waals surface area contributed by atoms with Crippen molar-refractivity contribution in [2.75, 3.05) is 0 Å². The van der Waals surface area contributed by atoms with E-state index in [1.807, 2.05) is 0 Å². The zero-order valence-electron chi connectivity index (χ0n) is 14.1. The summed E-state index contributed by atoms with van der Waals surface area (Å²) in [4.78, 5) is 4.21. The van der Waals surface area contributed by atoms with Crippen molar-refractivity contribution in [2.24, 2.45) is 0 Å². The molecule has 1 saturated carbocycles. The maximum atomic E-state index is 12.3. The highest BCUT2D eigenvalue weighted by atomic mass is 35.5. The first-order chi connectivity index (χ1) is 12.4. The number of benzene rings is 1. The van der Waals surface area contributed by atoms with Crippen LogP contribution < -0.4 is 9.46 Å². The molecule has 0 radical (unpaired) electrons. The minimum Gasteiger partial charge on any atom is -0.474 e. The third kappa shape index (κ3) is 5.58. The number of aromatic nitrogens is 1. The normalized spacial score (nSPS) is 15.3. The molecule has 2 aromatic rings. The third-order valence-electron chi connectivity index (χ3n) is 4.23. The Labute approximate surface area is 163 Å². The highest BCUT2D eigenvalue weighted by Gasteiger charge is 2.17. The monoisotopic (exact) mass is 414 g/mol. The maximum Gasteiger partial charge on any atom is 0.216 e. The lowest BCUT2D eigenvalue weighted by molar-refractivity contribution is 0.201. The zero-order chi connectivity index (χ0) is 18.6. The summed E-state index contributed by atoms with van der Waals surface area (Å²) in [6, 6.07) is 8.34. The minimum absolute atomic E-state index is 0.166. The Kier molecular flexibility index (Phi) is 6.40. The number of halogens is 2. The van der Waals surface area contributed by atoms with Crippen LogP contribution in [0.5, 0.6) is 5.88 Å². The Hall–Kier alpha value is -1.34.